The van der Waals surface area contributed by atoms with Gasteiger partial charge in [-0.2, -0.15) is 0 Å². The van der Waals surface area contributed by atoms with Crippen LogP contribution in [0.15, 0.2) is 36.4 Å². The average molecular weight is 368 g/mol. The predicted octanol–water partition coefficient (Wildman–Crippen LogP) is 1.98. The number of nitrogens with zero attached hydrogens (tertiary/aromatic N) is 2. The smallest absolute Gasteiger partial charge is 0.229 e. The molecule has 5 rings (SSSR count). The number of rotatable bonds is 4. The molecule has 3 atom stereocenters. The lowest BCUT2D eigenvalue weighted by Gasteiger charge is -2.35. The second-order valence-corrected chi connectivity index (χ2v) is 7.63. The Hall–Kier alpha value is -2.51. The SMILES string of the molecule is Nc1ccc(-c2ccc(F)cc2)nc1NC(=O)[C@H]1[C@@H]2CN(C3COC3)C[C@@H]21. The highest BCUT2D eigenvalue weighted by Gasteiger charge is 2.60. The van der Waals surface area contributed by atoms with Gasteiger partial charge in [-0.25, -0.2) is 9.37 Å². The molecule has 2 aromatic rings. The van der Waals surface area contributed by atoms with Crippen molar-refractivity contribution in [2.24, 2.45) is 17.8 Å². The molecule has 3 fully saturated rings. The van der Waals surface area contributed by atoms with E-state index in [-0.39, 0.29) is 17.6 Å². The Morgan fingerprint density at radius 3 is 2.48 bits per heavy atom. The van der Waals surface area contributed by atoms with Gasteiger partial charge in [0.25, 0.3) is 0 Å². The minimum absolute atomic E-state index is 0.00929. The van der Waals surface area contributed by atoms with Crippen molar-refractivity contribution in [3.8, 4) is 11.3 Å². The zero-order valence-electron chi connectivity index (χ0n) is 14.8. The minimum Gasteiger partial charge on any atom is -0.396 e. The summed E-state index contributed by atoms with van der Waals surface area (Å²) in [5.74, 6) is 0.948. The van der Waals surface area contributed by atoms with Gasteiger partial charge in [0.15, 0.2) is 5.82 Å². The average Bonchev–Trinajstić information content (AvgIpc) is 3.12. The summed E-state index contributed by atoms with van der Waals surface area (Å²) >= 11 is 0. The first-order valence-electron chi connectivity index (χ1n) is 9.25. The molecule has 0 spiro atoms. The third-order valence-electron chi connectivity index (χ3n) is 5.97. The molecule has 1 aliphatic carbocycles. The molecule has 1 amide bonds. The van der Waals surface area contributed by atoms with E-state index in [1.54, 1.807) is 24.3 Å². The van der Waals surface area contributed by atoms with Crippen molar-refractivity contribution < 1.29 is 13.9 Å². The summed E-state index contributed by atoms with van der Waals surface area (Å²) < 4.78 is 18.4. The number of aromatic nitrogens is 1. The third-order valence-corrected chi connectivity index (χ3v) is 5.97. The Bertz CT molecular complexity index is 872. The molecule has 27 heavy (non-hydrogen) atoms. The fourth-order valence-corrected chi connectivity index (χ4v) is 4.23. The second kappa shape index (κ2) is 6.28. The van der Waals surface area contributed by atoms with Crippen LogP contribution in [-0.4, -0.2) is 48.1 Å². The number of carbonyl (C=O) groups is 1. The second-order valence-electron chi connectivity index (χ2n) is 7.63. The van der Waals surface area contributed by atoms with Crippen LogP contribution in [0.1, 0.15) is 0 Å². The molecule has 1 saturated carbocycles. The van der Waals surface area contributed by atoms with Gasteiger partial charge in [-0.15, -0.1) is 0 Å². The fourth-order valence-electron chi connectivity index (χ4n) is 4.23. The van der Waals surface area contributed by atoms with Gasteiger partial charge in [0, 0.05) is 24.6 Å². The van der Waals surface area contributed by atoms with E-state index < -0.39 is 0 Å². The zero-order chi connectivity index (χ0) is 18.5. The summed E-state index contributed by atoms with van der Waals surface area (Å²) in [6.45, 7) is 3.56. The standard InChI is InChI=1S/C20H21FN4O2/c21-12-3-1-11(2-4-12)17-6-5-16(22)19(23-17)24-20(26)18-14-7-25(8-15(14)18)13-9-27-10-13/h1-6,13-15,18H,7-10,22H2,(H,23,24,26)/t14-,15+,18+. The largest absolute Gasteiger partial charge is 0.396 e. The van der Waals surface area contributed by atoms with Crippen LogP contribution in [0.4, 0.5) is 15.9 Å². The summed E-state index contributed by atoms with van der Waals surface area (Å²) in [5, 5.41) is 2.90. The number of anilines is 2. The highest BCUT2D eigenvalue weighted by Crippen LogP contribution is 2.53. The van der Waals surface area contributed by atoms with E-state index in [4.69, 9.17) is 10.5 Å². The molecule has 3 heterocycles. The summed E-state index contributed by atoms with van der Waals surface area (Å²) in [7, 11) is 0. The molecule has 0 bridgehead atoms. The molecule has 7 heteroatoms. The highest BCUT2D eigenvalue weighted by molar-refractivity contribution is 5.96. The van der Waals surface area contributed by atoms with Gasteiger partial charge in [-0.1, -0.05) is 0 Å². The summed E-state index contributed by atoms with van der Waals surface area (Å²) in [5.41, 5.74) is 7.85. The maximum Gasteiger partial charge on any atom is 0.229 e. The molecule has 3 N–H and O–H groups in total. The Labute approximate surface area is 156 Å². The number of hydrogen-bond donors (Lipinski definition) is 2. The molecular weight excluding hydrogens is 347 g/mol. The van der Waals surface area contributed by atoms with Gasteiger partial charge >= 0.3 is 0 Å². The summed E-state index contributed by atoms with van der Waals surface area (Å²) in [4.78, 5) is 19.6. The minimum atomic E-state index is -0.300. The van der Waals surface area contributed by atoms with Gasteiger partial charge in [0.1, 0.15) is 5.82 Å². The van der Waals surface area contributed by atoms with E-state index in [9.17, 15) is 9.18 Å². The van der Waals surface area contributed by atoms with E-state index >= 15 is 0 Å². The van der Waals surface area contributed by atoms with Gasteiger partial charge in [0.05, 0.1) is 30.6 Å². The quantitative estimate of drug-likeness (QED) is 0.863. The van der Waals surface area contributed by atoms with Crippen LogP contribution in [-0.2, 0) is 9.53 Å². The Morgan fingerprint density at radius 1 is 1.15 bits per heavy atom. The first-order valence-corrected chi connectivity index (χ1v) is 9.25. The number of carbonyl (C=O) groups excluding carboxylic acids is 1. The Balaban J connectivity index is 1.26. The number of amides is 1. The van der Waals surface area contributed by atoms with Crippen LogP contribution in [0, 0.1) is 23.6 Å². The van der Waals surface area contributed by atoms with Crippen LogP contribution in [0.2, 0.25) is 0 Å². The molecule has 140 valence electrons. The van der Waals surface area contributed by atoms with Crippen molar-refractivity contribution in [3.63, 3.8) is 0 Å². The fraction of sp³-hybridized carbons (Fsp3) is 0.400. The third kappa shape index (κ3) is 2.96. The molecule has 0 radical (unpaired) electrons. The number of nitrogens with two attached hydrogens (primary N) is 1. The first-order chi connectivity index (χ1) is 13.1. The summed E-state index contributed by atoms with van der Waals surface area (Å²) in [6, 6.07) is 10.1. The normalized spacial score (nSPS) is 27.1. The van der Waals surface area contributed by atoms with E-state index in [0.29, 0.717) is 35.1 Å². The summed E-state index contributed by atoms with van der Waals surface area (Å²) in [6.07, 6.45) is 0. The number of halogens is 1. The van der Waals surface area contributed by atoms with Crippen LogP contribution < -0.4 is 11.1 Å². The molecule has 3 aliphatic rings. The lowest BCUT2D eigenvalue weighted by atomic mass is 10.1. The van der Waals surface area contributed by atoms with Crippen molar-refractivity contribution in [3.05, 3.63) is 42.2 Å². The topological polar surface area (TPSA) is 80.5 Å². The molecule has 1 aromatic carbocycles. The van der Waals surface area contributed by atoms with Crippen molar-refractivity contribution in [2.45, 2.75) is 6.04 Å². The predicted molar refractivity (Wildman–Crippen MR) is 99.3 cm³/mol. The van der Waals surface area contributed by atoms with E-state index in [1.165, 1.54) is 12.1 Å². The molecule has 2 saturated heterocycles. The number of pyridine rings is 1. The number of nitrogens with one attached hydrogen (secondary N) is 1. The van der Waals surface area contributed by atoms with Crippen LogP contribution in [0.3, 0.4) is 0 Å². The Kier molecular flexibility index (Phi) is 3.87. The van der Waals surface area contributed by atoms with E-state index in [2.05, 4.69) is 15.2 Å². The maximum absolute atomic E-state index is 13.1. The lowest BCUT2D eigenvalue weighted by molar-refractivity contribution is -0.118. The molecule has 2 aliphatic heterocycles. The number of fused-ring (bicyclic) bond motifs is 1. The van der Waals surface area contributed by atoms with Gasteiger partial charge < -0.3 is 15.8 Å². The number of piperidine rings is 1. The van der Waals surface area contributed by atoms with E-state index in [0.717, 1.165) is 31.9 Å². The van der Waals surface area contributed by atoms with Crippen molar-refractivity contribution in [1.29, 1.82) is 0 Å². The van der Waals surface area contributed by atoms with Crippen LogP contribution in [0.5, 0.6) is 0 Å². The van der Waals surface area contributed by atoms with Gasteiger partial charge in [-0.05, 0) is 48.2 Å². The monoisotopic (exact) mass is 368 g/mol. The number of ether oxygens (including phenoxy) is 1. The van der Waals surface area contributed by atoms with Crippen molar-refractivity contribution in [2.75, 3.05) is 37.4 Å². The Morgan fingerprint density at radius 2 is 1.85 bits per heavy atom. The molecular formula is C20H21FN4O2. The van der Waals surface area contributed by atoms with Gasteiger partial charge in [-0.3, -0.25) is 9.69 Å². The lowest BCUT2D eigenvalue weighted by Crippen LogP contribution is -2.49. The number of hydrogen-bond acceptors (Lipinski definition) is 5. The van der Waals surface area contributed by atoms with Crippen molar-refractivity contribution in [1.82, 2.24) is 9.88 Å². The number of nitrogen functional groups attached to an aromatic ring is 1. The van der Waals surface area contributed by atoms with Crippen LogP contribution in [0.25, 0.3) is 11.3 Å². The van der Waals surface area contributed by atoms with Crippen molar-refractivity contribution >= 4 is 17.4 Å². The molecule has 0 unspecified atom stereocenters. The molecule has 6 nitrogen and oxygen atoms in total. The number of benzene rings is 1. The molecule has 1 aromatic heterocycles. The van der Waals surface area contributed by atoms with E-state index in [1.807, 2.05) is 0 Å². The van der Waals surface area contributed by atoms with Gasteiger partial charge in [0.2, 0.25) is 5.91 Å². The highest BCUT2D eigenvalue weighted by atomic mass is 19.1. The maximum atomic E-state index is 13.1. The zero-order valence-corrected chi connectivity index (χ0v) is 14.8. The number of likely N-dealkylation sites (tertiary alicyclic amines) is 1. The first kappa shape index (κ1) is 16.6. The van der Waals surface area contributed by atoms with Crippen LogP contribution >= 0.6 is 0 Å².